The summed E-state index contributed by atoms with van der Waals surface area (Å²) in [5.74, 6) is 2.36. The van der Waals surface area contributed by atoms with Crippen molar-refractivity contribution in [2.75, 3.05) is 19.6 Å². The molecule has 3 aromatic rings. The molecule has 8 nitrogen and oxygen atoms in total. The number of piperidine rings is 1. The van der Waals surface area contributed by atoms with Gasteiger partial charge in [0, 0.05) is 49.9 Å². The van der Waals surface area contributed by atoms with E-state index in [-0.39, 0.29) is 11.8 Å². The van der Waals surface area contributed by atoms with Gasteiger partial charge >= 0.3 is 0 Å². The van der Waals surface area contributed by atoms with Gasteiger partial charge in [0.25, 0.3) is 11.8 Å². The number of hydrogen-bond donors (Lipinski definition) is 2. The Morgan fingerprint density at radius 3 is 2.79 bits per heavy atom. The molecule has 8 heteroatoms. The van der Waals surface area contributed by atoms with Gasteiger partial charge < -0.3 is 19.6 Å². The van der Waals surface area contributed by atoms with Gasteiger partial charge in [-0.15, -0.1) is 0 Å². The maximum absolute atomic E-state index is 12.6. The molecule has 1 saturated heterocycles. The van der Waals surface area contributed by atoms with E-state index in [9.17, 15) is 9.59 Å². The number of fused-ring (bicyclic) bond motifs is 2. The molecule has 0 bridgehead atoms. The molecule has 0 aromatic carbocycles. The highest BCUT2D eigenvalue weighted by molar-refractivity contribution is 5.97. The van der Waals surface area contributed by atoms with E-state index in [4.69, 9.17) is 4.42 Å². The number of hydrogen-bond acceptors (Lipinski definition) is 5. The number of aromatic nitrogens is 3. The fourth-order valence-corrected chi connectivity index (χ4v) is 4.66. The van der Waals surface area contributed by atoms with Gasteiger partial charge in [0.15, 0.2) is 5.89 Å². The number of amides is 2. The molecule has 2 aliphatic rings. The number of pyridine rings is 1. The molecule has 0 radical (unpaired) electrons. The van der Waals surface area contributed by atoms with Crippen LogP contribution in [0, 0.1) is 31.6 Å². The molecule has 2 fully saturated rings. The molecule has 1 aliphatic carbocycles. The molecule has 1 saturated carbocycles. The number of rotatable bonds is 5. The van der Waals surface area contributed by atoms with Crippen molar-refractivity contribution in [3.8, 4) is 0 Å². The molecule has 29 heavy (non-hydrogen) atoms. The van der Waals surface area contributed by atoms with Crippen molar-refractivity contribution in [2.45, 2.75) is 20.3 Å². The van der Waals surface area contributed by atoms with Gasteiger partial charge in [-0.1, -0.05) is 0 Å². The summed E-state index contributed by atoms with van der Waals surface area (Å²) < 4.78 is 5.46. The molecular formula is C21H23N5O3. The fraction of sp³-hybridized carbons (Fsp3) is 0.429. The third kappa shape index (κ3) is 3.18. The Hall–Kier alpha value is -3.16. The van der Waals surface area contributed by atoms with E-state index in [2.05, 4.69) is 20.3 Å². The summed E-state index contributed by atoms with van der Waals surface area (Å²) in [6, 6.07) is 3.67. The number of carbonyl (C=O) groups is 2. The molecule has 1 aliphatic heterocycles. The normalized spacial score (nSPS) is 22.7. The predicted molar refractivity (Wildman–Crippen MR) is 105 cm³/mol. The molecule has 2 N–H and O–H groups in total. The number of oxazole rings is 1. The summed E-state index contributed by atoms with van der Waals surface area (Å²) >= 11 is 0. The minimum Gasteiger partial charge on any atom is -0.436 e. The summed E-state index contributed by atoms with van der Waals surface area (Å²) in [5, 5.41) is 3.92. The van der Waals surface area contributed by atoms with E-state index in [1.165, 1.54) is 0 Å². The minimum absolute atomic E-state index is 0.0596. The van der Waals surface area contributed by atoms with Crippen LogP contribution in [0.25, 0.3) is 10.9 Å². The van der Waals surface area contributed by atoms with E-state index in [0.29, 0.717) is 47.3 Å². The van der Waals surface area contributed by atoms with E-state index in [0.717, 1.165) is 30.4 Å². The second-order valence-corrected chi connectivity index (χ2v) is 8.04. The highest BCUT2D eigenvalue weighted by Crippen LogP contribution is 2.53. The van der Waals surface area contributed by atoms with Crippen molar-refractivity contribution in [3.63, 3.8) is 0 Å². The van der Waals surface area contributed by atoms with Crippen molar-refractivity contribution >= 4 is 22.7 Å². The SMILES string of the molecule is Cc1nc(C)c(C(=O)N2CC3C(CCNC(=O)c4cc5cnccc5[nH]4)C3C2)o1. The highest BCUT2D eigenvalue weighted by Gasteiger charge is 2.56. The van der Waals surface area contributed by atoms with Crippen LogP contribution in [0.4, 0.5) is 0 Å². The number of carbonyl (C=O) groups excluding carboxylic acids is 2. The van der Waals surface area contributed by atoms with Crippen LogP contribution < -0.4 is 5.32 Å². The van der Waals surface area contributed by atoms with E-state index in [1.807, 2.05) is 17.0 Å². The van der Waals surface area contributed by atoms with Crippen LogP contribution in [0.15, 0.2) is 28.9 Å². The summed E-state index contributed by atoms with van der Waals surface area (Å²) in [7, 11) is 0. The second-order valence-electron chi connectivity index (χ2n) is 8.04. The van der Waals surface area contributed by atoms with Crippen LogP contribution in [0.5, 0.6) is 0 Å². The average molecular weight is 393 g/mol. The van der Waals surface area contributed by atoms with Crippen molar-refractivity contribution < 1.29 is 14.0 Å². The number of H-pyrrole nitrogens is 1. The van der Waals surface area contributed by atoms with Gasteiger partial charge in [0.1, 0.15) is 5.69 Å². The number of nitrogens with zero attached hydrogens (tertiary/aromatic N) is 3. The molecule has 5 rings (SSSR count). The van der Waals surface area contributed by atoms with Gasteiger partial charge in [0.05, 0.1) is 5.69 Å². The lowest BCUT2D eigenvalue weighted by atomic mass is 10.2. The van der Waals surface area contributed by atoms with Gasteiger partial charge in [-0.05, 0) is 43.2 Å². The van der Waals surface area contributed by atoms with E-state index in [1.54, 1.807) is 26.2 Å². The van der Waals surface area contributed by atoms with Gasteiger partial charge in [-0.2, -0.15) is 0 Å². The van der Waals surface area contributed by atoms with E-state index < -0.39 is 0 Å². The first-order chi connectivity index (χ1) is 14.0. The number of aromatic amines is 1. The van der Waals surface area contributed by atoms with Crippen molar-refractivity contribution in [1.82, 2.24) is 25.2 Å². The zero-order valence-corrected chi connectivity index (χ0v) is 16.4. The standard InChI is InChI=1S/C21H23N5O3/c1-11-19(29-12(2)24-11)21(28)26-9-15-14(16(15)10-26)3-6-23-20(27)18-7-13-8-22-5-4-17(13)25-18/h4-5,7-8,14-16,25H,3,6,9-10H2,1-2H3,(H,23,27). The van der Waals surface area contributed by atoms with Crippen LogP contribution in [0.1, 0.15) is 39.0 Å². The summed E-state index contributed by atoms with van der Waals surface area (Å²) in [6.07, 6.45) is 4.37. The van der Waals surface area contributed by atoms with Gasteiger partial charge in [-0.3, -0.25) is 14.6 Å². The van der Waals surface area contributed by atoms with Crippen molar-refractivity contribution in [3.05, 3.63) is 47.6 Å². The van der Waals surface area contributed by atoms with Crippen LogP contribution in [-0.2, 0) is 0 Å². The molecule has 2 amide bonds. The molecule has 0 spiro atoms. The first kappa shape index (κ1) is 17.9. The topological polar surface area (TPSA) is 104 Å². The summed E-state index contributed by atoms with van der Waals surface area (Å²) in [5.41, 5.74) is 2.11. The third-order valence-corrected chi connectivity index (χ3v) is 6.19. The Morgan fingerprint density at radius 1 is 1.31 bits per heavy atom. The monoisotopic (exact) mass is 393 g/mol. The smallest absolute Gasteiger partial charge is 0.291 e. The Bertz CT molecular complexity index is 1060. The third-order valence-electron chi connectivity index (χ3n) is 6.19. The Balaban J connectivity index is 1.10. The first-order valence-corrected chi connectivity index (χ1v) is 9.95. The van der Waals surface area contributed by atoms with Crippen LogP contribution >= 0.6 is 0 Å². The van der Waals surface area contributed by atoms with E-state index >= 15 is 0 Å². The largest absolute Gasteiger partial charge is 0.436 e. The maximum atomic E-state index is 12.6. The van der Waals surface area contributed by atoms with Crippen LogP contribution in [-0.4, -0.2) is 51.3 Å². The van der Waals surface area contributed by atoms with Gasteiger partial charge in [-0.25, -0.2) is 4.98 Å². The Morgan fingerprint density at radius 2 is 2.10 bits per heavy atom. The highest BCUT2D eigenvalue weighted by atomic mass is 16.4. The predicted octanol–water partition coefficient (Wildman–Crippen LogP) is 2.31. The van der Waals surface area contributed by atoms with Crippen molar-refractivity contribution in [2.24, 2.45) is 17.8 Å². The van der Waals surface area contributed by atoms with Crippen LogP contribution in [0.2, 0.25) is 0 Å². The first-order valence-electron chi connectivity index (χ1n) is 9.95. The zero-order chi connectivity index (χ0) is 20.1. The van der Waals surface area contributed by atoms with Crippen molar-refractivity contribution in [1.29, 1.82) is 0 Å². The Labute approximate surface area is 167 Å². The minimum atomic E-state index is -0.0972. The molecule has 150 valence electrons. The number of likely N-dealkylation sites (tertiary alicyclic amines) is 1. The molecule has 2 unspecified atom stereocenters. The second kappa shape index (κ2) is 6.72. The summed E-state index contributed by atoms with van der Waals surface area (Å²) in [4.78, 5) is 38.2. The molecular weight excluding hydrogens is 370 g/mol. The average Bonchev–Trinajstić information content (AvgIpc) is 3.11. The molecule has 2 atom stereocenters. The fourth-order valence-electron chi connectivity index (χ4n) is 4.66. The lowest BCUT2D eigenvalue weighted by molar-refractivity contribution is 0.0733. The Kier molecular flexibility index (Phi) is 4.15. The van der Waals surface area contributed by atoms with Gasteiger partial charge in [0.2, 0.25) is 5.76 Å². The molecule has 4 heterocycles. The lowest BCUT2D eigenvalue weighted by Crippen LogP contribution is -2.32. The quantitative estimate of drug-likeness (QED) is 0.692. The number of aryl methyl sites for hydroxylation is 2. The van der Waals surface area contributed by atoms with Crippen LogP contribution in [0.3, 0.4) is 0 Å². The maximum Gasteiger partial charge on any atom is 0.291 e. The zero-order valence-electron chi connectivity index (χ0n) is 16.4. The molecule has 3 aromatic heterocycles. The lowest BCUT2D eigenvalue weighted by Gasteiger charge is -2.18. The summed E-state index contributed by atoms with van der Waals surface area (Å²) in [6.45, 7) is 5.71. The number of nitrogens with one attached hydrogen (secondary N) is 2.